The van der Waals surface area contributed by atoms with E-state index in [0.29, 0.717) is 5.69 Å². The summed E-state index contributed by atoms with van der Waals surface area (Å²) in [4.78, 5) is 11.4. The Morgan fingerprint density at radius 3 is 2.70 bits per heavy atom. The van der Waals surface area contributed by atoms with Gasteiger partial charge in [-0.15, -0.1) is 0 Å². The fraction of sp³-hybridized carbons (Fsp3) is 0.417. The largest absolute Gasteiger partial charge is 0.399 e. The van der Waals surface area contributed by atoms with Crippen LogP contribution in [0.1, 0.15) is 19.3 Å². The maximum Gasteiger partial charge on any atom is 0.242 e. The lowest BCUT2D eigenvalue weighted by Gasteiger charge is -2.09. The van der Waals surface area contributed by atoms with Gasteiger partial charge >= 0.3 is 0 Å². The predicted molar refractivity (Wildman–Crippen MR) is 76.8 cm³/mol. The number of sulfonamides is 1. The molecule has 0 unspecified atom stereocenters. The number of carbonyl (C=O) groups excluding carboxylic acids is 1. The minimum atomic E-state index is -3.73. The Balaban J connectivity index is 1.91. The number of amides is 1. The van der Waals surface area contributed by atoms with Gasteiger partial charge in [0, 0.05) is 24.7 Å². The van der Waals surface area contributed by atoms with Gasteiger partial charge in [-0.05, 0) is 31.0 Å². The lowest BCUT2D eigenvalue weighted by Crippen LogP contribution is -2.31. The van der Waals surface area contributed by atoms with Crippen molar-refractivity contribution in [2.24, 2.45) is 0 Å². The van der Waals surface area contributed by atoms with Gasteiger partial charge in [-0.25, -0.2) is 13.1 Å². The number of nitrogens with two attached hydrogens (primary N) is 1. The van der Waals surface area contributed by atoms with Crippen LogP contribution in [0.25, 0.3) is 0 Å². The van der Waals surface area contributed by atoms with Crippen LogP contribution in [-0.2, 0) is 14.8 Å². The van der Waals surface area contributed by atoms with E-state index in [1.807, 2.05) is 0 Å². The Kier molecular flexibility index (Phi) is 4.52. The van der Waals surface area contributed by atoms with Gasteiger partial charge in [-0.1, -0.05) is 11.6 Å². The molecule has 6 nitrogen and oxygen atoms in total. The molecule has 0 aliphatic heterocycles. The molecule has 20 heavy (non-hydrogen) atoms. The van der Waals surface area contributed by atoms with Crippen molar-refractivity contribution in [2.75, 3.05) is 12.3 Å². The first-order valence-electron chi connectivity index (χ1n) is 6.22. The maximum absolute atomic E-state index is 12.0. The van der Waals surface area contributed by atoms with Crippen molar-refractivity contribution in [3.63, 3.8) is 0 Å². The maximum atomic E-state index is 12.0. The molecule has 1 aromatic carbocycles. The molecule has 1 saturated carbocycles. The molecule has 0 saturated heterocycles. The Hall–Kier alpha value is -1.31. The van der Waals surface area contributed by atoms with Crippen molar-refractivity contribution < 1.29 is 13.2 Å². The molecule has 1 amide bonds. The van der Waals surface area contributed by atoms with Gasteiger partial charge in [0.25, 0.3) is 0 Å². The summed E-state index contributed by atoms with van der Waals surface area (Å²) in [5, 5.41) is 2.84. The Morgan fingerprint density at radius 1 is 1.40 bits per heavy atom. The first-order valence-corrected chi connectivity index (χ1v) is 8.08. The zero-order valence-electron chi connectivity index (χ0n) is 10.7. The molecule has 110 valence electrons. The van der Waals surface area contributed by atoms with Crippen LogP contribution in [0.2, 0.25) is 5.02 Å². The van der Waals surface area contributed by atoms with E-state index in [1.54, 1.807) is 0 Å². The summed E-state index contributed by atoms with van der Waals surface area (Å²) in [6, 6.07) is 4.44. The third-order valence-corrected chi connectivity index (χ3v) is 4.78. The van der Waals surface area contributed by atoms with Crippen molar-refractivity contribution >= 4 is 33.2 Å². The van der Waals surface area contributed by atoms with E-state index in [-0.39, 0.29) is 34.8 Å². The molecule has 1 aliphatic carbocycles. The summed E-state index contributed by atoms with van der Waals surface area (Å²) >= 11 is 5.85. The standard InChI is InChI=1S/C12H16ClN3O3S/c13-10-7-8(14)1-4-11(10)20(18,19)15-6-5-12(17)16-9-2-3-9/h1,4,7,9,15H,2-3,5-6,14H2,(H,16,17). The lowest BCUT2D eigenvalue weighted by molar-refractivity contribution is -0.121. The number of benzene rings is 1. The number of anilines is 1. The molecule has 0 spiro atoms. The number of halogens is 1. The van der Waals surface area contributed by atoms with Gasteiger partial charge in [-0.2, -0.15) is 0 Å². The van der Waals surface area contributed by atoms with Crippen LogP contribution in [-0.4, -0.2) is 26.9 Å². The second kappa shape index (κ2) is 5.99. The van der Waals surface area contributed by atoms with E-state index in [2.05, 4.69) is 10.0 Å². The highest BCUT2D eigenvalue weighted by Gasteiger charge is 2.23. The topological polar surface area (TPSA) is 101 Å². The van der Waals surface area contributed by atoms with Crippen LogP contribution >= 0.6 is 11.6 Å². The summed E-state index contributed by atoms with van der Waals surface area (Å²) in [6.07, 6.45) is 2.10. The summed E-state index contributed by atoms with van der Waals surface area (Å²) in [5.41, 5.74) is 5.90. The van der Waals surface area contributed by atoms with Gasteiger partial charge in [0.15, 0.2) is 0 Å². The van der Waals surface area contributed by atoms with E-state index >= 15 is 0 Å². The fourth-order valence-electron chi connectivity index (χ4n) is 1.64. The highest BCUT2D eigenvalue weighted by Crippen LogP contribution is 2.23. The molecule has 1 aliphatic rings. The second-order valence-electron chi connectivity index (χ2n) is 4.68. The van der Waals surface area contributed by atoms with Gasteiger partial charge < -0.3 is 11.1 Å². The van der Waals surface area contributed by atoms with Crippen LogP contribution in [0.3, 0.4) is 0 Å². The molecule has 0 aromatic heterocycles. The van der Waals surface area contributed by atoms with E-state index in [1.165, 1.54) is 18.2 Å². The summed E-state index contributed by atoms with van der Waals surface area (Å²) < 4.78 is 26.4. The van der Waals surface area contributed by atoms with Crippen molar-refractivity contribution in [1.82, 2.24) is 10.0 Å². The van der Waals surface area contributed by atoms with E-state index in [4.69, 9.17) is 17.3 Å². The minimum Gasteiger partial charge on any atom is -0.399 e. The minimum absolute atomic E-state index is 0.0294. The molecule has 0 bridgehead atoms. The van der Waals surface area contributed by atoms with Gasteiger partial charge in [0.2, 0.25) is 15.9 Å². The van der Waals surface area contributed by atoms with Crippen LogP contribution in [0, 0.1) is 0 Å². The van der Waals surface area contributed by atoms with Crippen LogP contribution in [0.4, 0.5) is 5.69 Å². The Bertz CT molecular complexity index is 614. The quantitative estimate of drug-likeness (QED) is 0.677. The number of hydrogen-bond acceptors (Lipinski definition) is 4. The summed E-state index contributed by atoms with van der Waals surface area (Å²) in [7, 11) is -3.73. The SMILES string of the molecule is Nc1ccc(S(=O)(=O)NCCC(=O)NC2CC2)c(Cl)c1. The van der Waals surface area contributed by atoms with Crippen molar-refractivity contribution in [2.45, 2.75) is 30.2 Å². The number of rotatable bonds is 6. The van der Waals surface area contributed by atoms with Gasteiger partial charge in [-0.3, -0.25) is 4.79 Å². The Morgan fingerprint density at radius 2 is 2.10 bits per heavy atom. The molecule has 0 radical (unpaired) electrons. The molecule has 4 N–H and O–H groups in total. The van der Waals surface area contributed by atoms with E-state index in [9.17, 15) is 13.2 Å². The highest BCUT2D eigenvalue weighted by atomic mass is 35.5. The second-order valence-corrected chi connectivity index (χ2v) is 6.82. The Labute approximate surface area is 122 Å². The number of hydrogen-bond donors (Lipinski definition) is 3. The molecular weight excluding hydrogens is 302 g/mol. The average molecular weight is 318 g/mol. The molecule has 1 aromatic rings. The first kappa shape index (κ1) is 15.1. The average Bonchev–Trinajstić information content (AvgIpc) is 3.11. The summed E-state index contributed by atoms with van der Waals surface area (Å²) in [5.74, 6) is -0.154. The van der Waals surface area contributed by atoms with E-state index < -0.39 is 10.0 Å². The molecule has 0 heterocycles. The summed E-state index contributed by atoms with van der Waals surface area (Å²) in [6.45, 7) is 0.0294. The molecule has 0 atom stereocenters. The van der Waals surface area contributed by atoms with Crippen LogP contribution in [0.15, 0.2) is 23.1 Å². The smallest absolute Gasteiger partial charge is 0.242 e. The van der Waals surface area contributed by atoms with Crippen molar-refractivity contribution in [1.29, 1.82) is 0 Å². The highest BCUT2D eigenvalue weighted by molar-refractivity contribution is 7.89. The molecule has 8 heteroatoms. The normalized spacial score (nSPS) is 15.1. The molecule has 2 rings (SSSR count). The number of nitrogens with one attached hydrogen (secondary N) is 2. The fourth-order valence-corrected chi connectivity index (χ4v) is 3.22. The number of carbonyl (C=O) groups is 1. The third-order valence-electron chi connectivity index (χ3n) is 2.83. The van der Waals surface area contributed by atoms with Gasteiger partial charge in [0.1, 0.15) is 4.90 Å². The van der Waals surface area contributed by atoms with E-state index in [0.717, 1.165) is 12.8 Å². The zero-order valence-corrected chi connectivity index (χ0v) is 12.3. The molecule has 1 fully saturated rings. The third kappa shape index (κ3) is 4.09. The zero-order chi connectivity index (χ0) is 14.8. The van der Waals surface area contributed by atoms with Gasteiger partial charge in [0.05, 0.1) is 5.02 Å². The van der Waals surface area contributed by atoms with Crippen LogP contribution < -0.4 is 15.8 Å². The van der Waals surface area contributed by atoms with Crippen molar-refractivity contribution in [3.8, 4) is 0 Å². The van der Waals surface area contributed by atoms with Crippen LogP contribution in [0.5, 0.6) is 0 Å². The first-order chi connectivity index (χ1) is 9.38. The predicted octanol–water partition coefficient (Wildman–Crippen LogP) is 0.869. The van der Waals surface area contributed by atoms with Crippen molar-refractivity contribution in [3.05, 3.63) is 23.2 Å². The number of nitrogen functional groups attached to an aromatic ring is 1. The monoisotopic (exact) mass is 317 g/mol. The molecular formula is C12H16ClN3O3S. The lowest BCUT2D eigenvalue weighted by atomic mass is 10.3.